The summed E-state index contributed by atoms with van der Waals surface area (Å²) >= 11 is 0. The molecule has 1 saturated carbocycles. The molecular formula is C18H36N2O3. The maximum atomic E-state index is 11.8. The summed E-state index contributed by atoms with van der Waals surface area (Å²) in [5, 5.41) is 2.50. The number of amides is 2. The molecule has 2 amide bonds. The molecule has 0 spiro atoms. The number of rotatable bonds is 2. The molecule has 2 rings (SSSR count). The summed E-state index contributed by atoms with van der Waals surface area (Å²) in [6, 6.07) is 0. The predicted octanol–water partition coefficient (Wildman–Crippen LogP) is 3.97. The number of carbonyl (C=O) groups excluding carboxylic acids is 2. The molecule has 23 heavy (non-hydrogen) atoms. The number of ether oxygens (including phenoxy) is 1. The predicted molar refractivity (Wildman–Crippen MR) is 94.4 cm³/mol. The van der Waals surface area contributed by atoms with Crippen LogP contribution in [0.4, 0.5) is 4.79 Å². The van der Waals surface area contributed by atoms with E-state index in [1.54, 1.807) is 25.7 Å². The van der Waals surface area contributed by atoms with Crippen molar-refractivity contribution in [2.45, 2.75) is 79.2 Å². The van der Waals surface area contributed by atoms with Crippen molar-refractivity contribution in [3.05, 3.63) is 0 Å². The van der Waals surface area contributed by atoms with E-state index >= 15 is 0 Å². The Hall–Kier alpha value is -1.26. The molecule has 1 aliphatic heterocycles. The van der Waals surface area contributed by atoms with E-state index in [1.165, 1.54) is 19.3 Å². The van der Waals surface area contributed by atoms with Gasteiger partial charge in [0.2, 0.25) is 5.91 Å². The largest absolute Gasteiger partial charge is 0.444 e. The Morgan fingerprint density at radius 2 is 1.57 bits per heavy atom. The molecule has 2 fully saturated rings. The van der Waals surface area contributed by atoms with Gasteiger partial charge in [-0.2, -0.15) is 0 Å². The van der Waals surface area contributed by atoms with Gasteiger partial charge in [0, 0.05) is 13.1 Å². The van der Waals surface area contributed by atoms with Crippen molar-refractivity contribution in [3.8, 4) is 0 Å². The van der Waals surface area contributed by atoms with Crippen molar-refractivity contribution in [3.63, 3.8) is 0 Å². The van der Waals surface area contributed by atoms with Gasteiger partial charge in [0.25, 0.3) is 0 Å². The Morgan fingerprint density at radius 1 is 1.09 bits per heavy atom. The van der Waals surface area contributed by atoms with Gasteiger partial charge in [-0.25, -0.2) is 4.79 Å². The number of hydrogen-bond acceptors (Lipinski definition) is 3. The molecule has 0 atom stereocenters. The van der Waals surface area contributed by atoms with Gasteiger partial charge in [0.1, 0.15) is 12.1 Å². The SMILES string of the molecule is C1CC1.CC.CC1CCN(C(=O)CNC(=O)OC(C)(C)C)CC1. The molecule has 1 aliphatic carbocycles. The van der Waals surface area contributed by atoms with Crippen molar-refractivity contribution in [1.29, 1.82) is 0 Å². The molecule has 1 saturated heterocycles. The maximum absolute atomic E-state index is 11.8. The molecule has 1 heterocycles. The normalized spacial score (nSPS) is 17.0. The van der Waals surface area contributed by atoms with Crippen molar-refractivity contribution in [2.75, 3.05) is 19.6 Å². The Labute approximate surface area is 142 Å². The van der Waals surface area contributed by atoms with E-state index in [-0.39, 0.29) is 12.5 Å². The third kappa shape index (κ3) is 12.9. The van der Waals surface area contributed by atoms with E-state index in [4.69, 9.17) is 4.74 Å². The standard InChI is InChI=1S/C13H24N2O3.C3H6.C2H6/c1-10-5-7-15(8-6-10)11(16)9-14-12(17)18-13(2,3)4;1-2-3-1;1-2/h10H,5-9H2,1-4H3,(H,14,17);1-3H2;1-2H3. The van der Waals surface area contributed by atoms with Crippen molar-refractivity contribution in [2.24, 2.45) is 5.92 Å². The molecular weight excluding hydrogens is 292 g/mol. The fourth-order valence-corrected chi connectivity index (χ4v) is 1.83. The Balaban J connectivity index is 0.000000835. The van der Waals surface area contributed by atoms with Crippen LogP contribution in [0.3, 0.4) is 0 Å². The summed E-state index contributed by atoms with van der Waals surface area (Å²) in [5.41, 5.74) is -0.534. The first-order chi connectivity index (χ1) is 10.8. The van der Waals surface area contributed by atoms with E-state index in [9.17, 15) is 9.59 Å². The van der Waals surface area contributed by atoms with Crippen LogP contribution in [0, 0.1) is 5.92 Å². The van der Waals surface area contributed by atoms with Gasteiger partial charge in [-0.05, 0) is 39.5 Å². The first-order valence-electron chi connectivity index (χ1n) is 9.02. The zero-order chi connectivity index (χ0) is 17.9. The van der Waals surface area contributed by atoms with Crippen LogP contribution in [-0.2, 0) is 9.53 Å². The minimum Gasteiger partial charge on any atom is -0.444 e. The van der Waals surface area contributed by atoms with Gasteiger partial charge in [-0.3, -0.25) is 4.79 Å². The fraction of sp³-hybridized carbons (Fsp3) is 0.889. The van der Waals surface area contributed by atoms with E-state index in [0.29, 0.717) is 5.92 Å². The highest BCUT2D eigenvalue weighted by Crippen LogP contribution is 2.16. The summed E-state index contributed by atoms with van der Waals surface area (Å²) < 4.78 is 5.07. The highest BCUT2D eigenvalue weighted by molar-refractivity contribution is 5.82. The van der Waals surface area contributed by atoms with Crippen LogP contribution in [0.5, 0.6) is 0 Å². The second-order valence-electron chi connectivity index (χ2n) is 6.98. The van der Waals surface area contributed by atoms with Crippen LogP contribution in [0.15, 0.2) is 0 Å². The van der Waals surface area contributed by atoms with Gasteiger partial charge < -0.3 is 15.0 Å². The third-order valence-electron chi connectivity index (χ3n) is 3.27. The van der Waals surface area contributed by atoms with Gasteiger partial charge in [0.05, 0.1) is 0 Å². The molecule has 0 bridgehead atoms. The number of hydrogen-bond donors (Lipinski definition) is 1. The topological polar surface area (TPSA) is 58.6 Å². The molecule has 1 N–H and O–H groups in total. The first kappa shape index (κ1) is 21.7. The highest BCUT2D eigenvalue weighted by Gasteiger charge is 2.21. The molecule has 0 aromatic rings. The quantitative estimate of drug-likeness (QED) is 0.834. The Kier molecular flexibility index (Phi) is 10.7. The number of piperidine rings is 1. The minimum absolute atomic E-state index is 0.0172. The lowest BCUT2D eigenvalue weighted by Gasteiger charge is -2.30. The smallest absolute Gasteiger partial charge is 0.408 e. The average Bonchev–Trinajstić information content (AvgIpc) is 3.34. The van der Waals surface area contributed by atoms with Gasteiger partial charge in [-0.15, -0.1) is 0 Å². The Morgan fingerprint density at radius 3 is 1.96 bits per heavy atom. The molecule has 5 heteroatoms. The minimum atomic E-state index is -0.541. The lowest BCUT2D eigenvalue weighted by Crippen LogP contribution is -2.44. The van der Waals surface area contributed by atoms with Gasteiger partial charge in [-0.1, -0.05) is 40.0 Å². The molecule has 2 aliphatic rings. The highest BCUT2D eigenvalue weighted by atomic mass is 16.6. The zero-order valence-electron chi connectivity index (χ0n) is 15.9. The van der Waals surface area contributed by atoms with Crippen LogP contribution >= 0.6 is 0 Å². The average molecular weight is 328 g/mol. The van der Waals surface area contributed by atoms with E-state index in [1.807, 2.05) is 13.8 Å². The summed E-state index contributed by atoms with van der Waals surface area (Å²) in [7, 11) is 0. The zero-order valence-corrected chi connectivity index (χ0v) is 15.9. The number of alkyl carbamates (subject to hydrolysis) is 1. The molecule has 0 aromatic heterocycles. The fourth-order valence-electron chi connectivity index (χ4n) is 1.83. The summed E-state index contributed by atoms with van der Waals surface area (Å²) in [6.45, 7) is 13.2. The van der Waals surface area contributed by atoms with E-state index in [2.05, 4.69) is 12.2 Å². The maximum Gasteiger partial charge on any atom is 0.408 e. The molecule has 0 unspecified atom stereocenters. The van der Waals surface area contributed by atoms with Crippen molar-refractivity contribution < 1.29 is 14.3 Å². The van der Waals surface area contributed by atoms with Crippen molar-refractivity contribution >= 4 is 12.0 Å². The van der Waals surface area contributed by atoms with Crippen LogP contribution in [0.25, 0.3) is 0 Å². The number of likely N-dealkylation sites (tertiary alicyclic amines) is 1. The summed E-state index contributed by atoms with van der Waals surface area (Å²) in [4.78, 5) is 25.0. The molecule has 5 nitrogen and oxygen atoms in total. The second kappa shape index (κ2) is 11.3. The second-order valence-corrected chi connectivity index (χ2v) is 6.98. The van der Waals surface area contributed by atoms with Crippen LogP contribution in [0.2, 0.25) is 0 Å². The van der Waals surface area contributed by atoms with Gasteiger partial charge in [0.15, 0.2) is 0 Å². The van der Waals surface area contributed by atoms with Crippen LogP contribution in [0.1, 0.15) is 73.6 Å². The van der Waals surface area contributed by atoms with E-state index in [0.717, 1.165) is 25.9 Å². The van der Waals surface area contributed by atoms with E-state index < -0.39 is 11.7 Å². The summed E-state index contributed by atoms with van der Waals surface area (Å²) in [5.74, 6) is 0.653. The lowest BCUT2D eigenvalue weighted by molar-refractivity contribution is -0.131. The number of nitrogens with one attached hydrogen (secondary N) is 1. The van der Waals surface area contributed by atoms with Crippen LogP contribution < -0.4 is 5.32 Å². The monoisotopic (exact) mass is 328 g/mol. The molecule has 136 valence electrons. The molecule has 0 aromatic carbocycles. The first-order valence-corrected chi connectivity index (χ1v) is 9.02. The molecule has 0 radical (unpaired) electrons. The van der Waals surface area contributed by atoms with Crippen LogP contribution in [-0.4, -0.2) is 42.1 Å². The third-order valence-corrected chi connectivity index (χ3v) is 3.27. The lowest BCUT2D eigenvalue weighted by atomic mass is 9.99. The summed E-state index contributed by atoms with van der Waals surface area (Å²) in [6.07, 6.45) is 6.04. The Bertz CT molecular complexity index is 338. The number of nitrogens with zero attached hydrogens (tertiary/aromatic N) is 1. The van der Waals surface area contributed by atoms with Crippen molar-refractivity contribution in [1.82, 2.24) is 10.2 Å². The van der Waals surface area contributed by atoms with Gasteiger partial charge >= 0.3 is 6.09 Å². The number of carbonyl (C=O) groups is 2.